The molecule has 1 aliphatic rings. The molecule has 2 heterocycles. The molecular weight excluding hydrogens is 450 g/mol. The predicted molar refractivity (Wildman–Crippen MR) is 132 cm³/mol. The van der Waals surface area contributed by atoms with Crippen LogP contribution in [0.25, 0.3) is 10.9 Å². The number of hydrogen-bond acceptors (Lipinski definition) is 5. The Morgan fingerprint density at radius 3 is 2.49 bits per heavy atom. The van der Waals surface area contributed by atoms with Crippen molar-refractivity contribution in [3.63, 3.8) is 0 Å². The van der Waals surface area contributed by atoms with E-state index in [1.807, 2.05) is 31.2 Å². The molecule has 5 atom stereocenters. The molecule has 1 aromatic carbocycles. The van der Waals surface area contributed by atoms with Crippen LogP contribution in [-0.4, -0.2) is 64.5 Å². The maximum absolute atomic E-state index is 13.2. The summed E-state index contributed by atoms with van der Waals surface area (Å²) in [7, 11) is 0. The number of fused-ring (bicyclic) bond motifs is 1. The van der Waals surface area contributed by atoms with Crippen molar-refractivity contribution in [2.24, 2.45) is 5.92 Å². The molecule has 10 nitrogen and oxygen atoms in total. The summed E-state index contributed by atoms with van der Waals surface area (Å²) in [6.07, 6.45) is 4.09. The van der Waals surface area contributed by atoms with E-state index in [9.17, 15) is 24.3 Å². The zero-order chi connectivity index (χ0) is 25.5. The van der Waals surface area contributed by atoms with Gasteiger partial charge in [-0.15, -0.1) is 0 Å². The first-order valence-electron chi connectivity index (χ1n) is 12.1. The van der Waals surface area contributed by atoms with Crippen molar-refractivity contribution in [1.29, 1.82) is 0 Å². The summed E-state index contributed by atoms with van der Waals surface area (Å²) in [4.78, 5) is 53.5. The van der Waals surface area contributed by atoms with E-state index in [1.165, 1.54) is 0 Å². The smallest absolute Gasteiger partial charge is 0.326 e. The van der Waals surface area contributed by atoms with E-state index >= 15 is 0 Å². The number of nitrogens with one attached hydrogen (secondary N) is 5. The van der Waals surface area contributed by atoms with Gasteiger partial charge in [0.2, 0.25) is 17.7 Å². The Morgan fingerprint density at radius 1 is 1.09 bits per heavy atom. The molecule has 1 aliphatic heterocycles. The van der Waals surface area contributed by atoms with E-state index in [0.29, 0.717) is 12.8 Å². The number of para-hydroxylation sites is 1. The first kappa shape index (κ1) is 26.2. The Morgan fingerprint density at radius 2 is 1.83 bits per heavy atom. The lowest BCUT2D eigenvalue weighted by atomic mass is 9.98. The third-order valence-corrected chi connectivity index (χ3v) is 6.64. The molecule has 3 rings (SSSR count). The maximum Gasteiger partial charge on any atom is 0.326 e. The molecule has 1 aromatic heterocycles. The van der Waals surface area contributed by atoms with Crippen LogP contribution in [0.5, 0.6) is 0 Å². The molecule has 0 saturated carbocycles. The van der Waals surface area contributed by atoms with E-state index < -0.39 is 35.9 Å². The number of carbonyl (C=O) groups is 4. The first-order chi connectivity index (χ1) is 16.7. The molecule has 0 spiro atoms. The zero-order valence-electron chi connectivity index (χ0n) is 20.4. The Hall–Kier alpha value is -3.40. The van der Waals surface area contributed by atoms with Gasteiger partial charge in [0.25, 0.3) is 0 Å². The summed E-state index contributed by atoms with van der Waals surface area (Å²) < 4.78 is 0. The molecule has 1 saturated heterocycles. The van der Waals surface area contributed by atoms with Gasteiger partial charge in [-0.1, -0.05) is 38.5 Å². The van der Waals surface area contributed by atoms with Gasteiger partial charge in [-0.25, -0.2) is 4.79 Å². The highest BCUT2D eigenvalue weighted by Crippen LogP contribution is 2.19. The minimum absolute atomic E-state index is 0.152. The molecule has 2 aromatic rings. The molecule has 35 heavy (non-hydrogen) atoms. The Kier molecular flexibility index (Phi) is 8.86. The predicted octanol–water partition coefficient (Wildman–Crippen LogP) is 1.07. The second-order valence-corrected chi connectivity index (χ2v) is 9.21. The number of aromatic nitrogens is 1. The number of carboxylic acid groups (broad SMARTS) is 1. The van der Waals surface area contributed by atoms with E-state index in [2.05, 4.69) is 26.3 Å². The Bertz CT molecular complexity index is 1060. The summed E-state index contributed by atoms with van der Waals surface area (Å²) in [6.45, 7) is 5.91. The fraction of sp³-hybridized carbons (Fsp3) is 0.520. The molecular formula is C25H35N5O5. The van der Waals surface area contributed by atoms with Gasteiger partial charge in [0, 0.05) is 23.5 Å². The SMILES string of the molecule is CCC(C)C(NC(=O)C(Cc1c[nH]c2ccccc12)NC(=O)C(C)NC(=O)C1CCCN1)C(=O)O. The standard InChI is InChI=1S/C25H35N5O5/c1-4-14(2)21(25(34)35)30-24(33)20(12-16-13-27-18-9-6-5-8-17(16)18)29-22(31)15(3)28-23(32)19-10-7-11-26-19/h5-6,8-9,13-15,19-21,26-27H,4,7,10-12H2,1-3H3,(H,28,32)(H,29,31)(H,30,33)(H,34,35). The molecule has 0 bridgehead atoms. The van der Waals surface area contributed by atoms with Gasteiger partial charge in [-0.2, -0.15) is 0 Å². The summed E-state index contributed by atoms with van der Waals surface area (Å²) in [5, 5.41) is 21.6. The van der Waals surface area contributed by atoms with Crippen LogP contribution >= 0.6 is 0 Å². The summed E-state index contributed by atoms with van der Waals surface area (Å²) >= 11 is 0. The zero-order valence-corrected chi connectivity index (χ0v) is 20.4. The van der Waals surface area contributed by atoms with Crippen LogP contribution in [0.3, 0.4) is 0 Å². The summed E-state index contributed by atoms with van der Waals surface area (Å²) in [5.74, 6) is -2.79. The van der Waals surface area contributed by atoms with Gasteiger partial charge in [0.15, 0.2) is 0 Å². The van der Waals surface area contributed by atoms with Crippen molar-refractivity contribution >= 4 is 34.6 Å². The molecule has 3 amide bonds. The normalized spacial score (nSPS) is 18.9. The van der Waals surface area contributed by atoms with Crippen LogP contribution < -0.4 is 21.3 Å². The Balaban J connectivity index is 1.77. The van der Waals surface area contributed by atoms with Crippen molar-refractivity contribution in [3.8, 4) is 0 Å². The largest absolute Gasteiger partial charge is 0.480 e. The van der Waals surface area contributed by atoms with Crippen molar-refractivity contribution in [1.82, 2.24) is 26.3 Å². The van der Waals surface area contributed by atoms with Crippen LogP contribution in [0.15, 0.2) is 30.5 Å². The third kappa shape index (κ3) is 6.60. The number of benzene rings is 1. The van der Waals surface area contributed by atoms with E-state index in [4.69, 9.17) is 0 Å². The van der Waals surface area contributed by atoms with Crippen molar-refractivity contribution in [3.05, 3.63) is 36.0 Å². The van der Waals surface area contributed by atoms with Crippen LogP contribution in [0.2, 0.25) is 0 Å². The van der Waals surface area contributed by atoms with Crippen LogP contribution in [0.4, 0.5) is 0 Å². The second kappa shape index (κ2) is 11.8. The summed E-state index contributed by atoms with van der Waals surface area (Å²) in [6, 6.07) is 4.28. The highest BCUT2D eigenvalue weighted by molar-refractivity contribution is 5.94. The molecule has 1 fully saturated rings. The van der Waals surface area contributed by atoms with Gasteiger partial charge in [-0.3, -0.25) is 14.4 Å². The fourth-order valence-electron chi connectivity index (χ4n) is 4.25. The molecule has 5 unspecified atom stereocenters. The maximum atomic E-state index is 13.2. The molecule has 0 radical (unpaired) electrons. The topological polar surface area (TPSA) is 152 Å². The molecule has 6 N–H and O–H groups in total. The first-order valence-corrected chi connectivity index (χ1v) is 12.1. The molecule has 10 heteroatoms. The number of carbonyl (C=O) groups excluding carboxylic acids is 3. The average molecular weight is 486 g/mol. The highest BCUT2D eigenvalue weighted by atomic mass is 16.4. The molecule has 190 valence electrons. The third-order valence-electron chi connectivity index (χ3n) is 6.64. The van der Waals surface area contributed by atoms with E-state index in [1.54, 1.807) is 20.0 Å². The number of amides is 3. The van der Waals surface area contributed by atoms with Crippen LogP contribution in [-0.2, 0) is 25.6 Å². The van der Waals surface area contributed by atoms with E-state index in [-0.39, 0.29) is 24.3 Å². The number of hydrogen-bond donors (Lipinski definition) is 6. The quantitative estimate of drug-likeness (QED) is 0.280. The average Bonchev–Trinajstić information content (AvgIpc) is 3.52. The fourth-order valence-corrected chi connectivity index (χ4v) is 4.25. The van der Waals surface area contributed by atoms with Gasteiger partial charge >= 0.3 is 5.97 Å². The second-order valence-electron chi connectivity index (χ2n) is 9.21. The van der Waals surface area contributed by atoms with E-state index in [0.717, 1.165) is 29.4 Å². The van der Waals surface area contributed by atoms with Crippen LogP contribution in [0.1, 0.15) is 45.6 Å². The number of carboxylic acids is 1. The van der Waals surface area contributed by atoms with Crippen molar-refractivity contribution in [2.75, 3.05) is 6.54 Å². The van der Waals surface area contributed by atoms with Crippen molar-refractivity contribution in [2.45, 2.75) is 70.6 Å². The lowest BCUT2D eigenvalue weighted by Gasteiger charge is -2.25. The monoisotopic (exact) mass is 485 g/mol. The minimum atomic E-state index is -1.13. The lowest BCUT2D eigenvalue weighted by molar-refractivity contribution is -0.143. The van der Waals surface area contributed by atoms with Gasteiger partial charge in [0.05, 0.1) is 6.04 Å². The number of H-pyrrole nitrogens is 1. The number of aliphatic carboxylic acids is 1. The van der Waals surface area contributed by atoms with Gasteiger partial charge < -0.3 is 31.4 Å². The Labute approximate surface area is 204 Å². The van der Waals surface area contributed by atoms with Gasteiger partial charge in [0.1, 0.15) is 18.1 Å². The number of rotatable bonds is 11. The molecule has 0 aliphatic carbocycles. The van der Waals surface area contributed by atoms with Crippen LogP contribution in [0, 0.1) is 5.92 Å². The highest BCUT2D eigenvalue weighted by Gasteiger charge is 2.32. The number of aromatic amines is 1. The van der Waals surface area contributed by atoms with Crippen molar-refractivity contribution < 1.29 is 24.3 Å². The summed E-state index contributed by atoms with van der Waals surface area (Å²) in [5.41, 5.74) is 1.70. The van der Waals surface area contributed by atoms with Gasteiger partial charge in [-0.05, 0) is 43.9 Å². The lowest BCUT2D eigenvalue weighted by Crippen LogP contribution is -2.57. The minimum Gasteiger partial charge on any atom is -0.480 e.